The average molecular weight is 281 g/mol. The lowest BCUT2D eigenvalue weighted by atomic mass is 10.0. The Morgan fingerprint density at radius 2 is 1.95 bits per heavy atom. The van der Waals surface area contributed by atoms with Gasteiger partial charge < -0.3 is 0 Å². The fourth-order valence-corrected chi connectivity index (χ4v) is 2.37. The summed E-state index contributed by atoms with van der Waals surface area (Å²) < 4.78 is 38.1. The van der Waals surface area contributed by atoms with Crippen molar-refractivity contribution in [2.75, 3.05) is 0 Å². The maximum Gasteiger partial charge on any atom is 0.416 e. The largest absolute Gasteiger partial charge is 0.416 e. The Balaban J connectivity index is 2.57. The molecule has 0 unspecified atom stereocenters. The van der Waals surface area contributed by atoms with E-state index >= 15 is 0 Å². The molecule has 0 radical (unpaired) electrons. The Labute approximate surface area is 110 Å². The number of aldehydes is 1. The second-order valence-corrected chi connectivity index (χ2v) is 4.82. The van der Waals surface area contributed by atoms with Crippen molar-refractivity contribution in [2.45, 2.75) is 6.18 Å². The number of hydrogen-bond donors (Lipinski definition) is 0. The first-order valence-corrected chi connectivity index (χ1v) is 5.93. The molecule has 0 aliphatic carbocycles. The molecule has 96 valence electrons. The summed E-state index contributed by atoms with van der Waals surface area (Å²) in [4.78, 5) is 11.6. The predicted molar refractivity (Wildman–Crippen MR) is 64.9 cm³/mol. The topological polar surface area (TPSA) is 40.9 Å². The number of benzene rings is 1. The van der Waals surface area contributed by atoms with Gasteiger partial charge >= 0.3 is 6.18 Å². The zero-order valence-electron chi connectivity index (χ0n) is 9.36. The lowest BCUT2D eigenvalue weighted by Crippen LogP contribution is -2.05. The van der Waals surface area contributed by atoms with Crippen LogP contribution in [0.15, 0.2) is 30.3 Å². The van der Waals surface area contributed by atoms with Gasteiger partial charge in [0.2, 0.25) is 0 Å². The molecule has 2 nitrogen and oxygen atoms in total. The second kappa shape index (κ2) is 4.86. The summed E-state index contributed by atoms with van der Waals surface area (Å²) >= 11 is 1.08. The van der Waals surface area contributed by atoms with Crippen molar-refractivity contribution < 1.29 is 18.0 Å². The molecule has 1 heterocycles. The van der Waals surface area contributed by atoms with Gasteiger partial charge in [0.25, 0.3) is 0 Å². The number of thiophene rings is 1. The molecule has 0 aliphatic heterocycles. The third-order valence-corrected chi connectivity index (χ3v) is 3.46. The van der Waals surface area contributed by atoms with Crippen LogP contribution in [0.25, 0.3) is 10.4 Å². The molecular weight excluding hydrogens is 275 g/mol. The molecule has 0 N–H and O–H groups in total. The summed E-state index contributed by atoms with van der Waals surface area (Å²) in [6.45, 7) is 0. The van der Waals surface area contributed by atoms with Crippen molar-refractivity contribution in [3.05, 3.63) is 46.3 Å². The number of nitrogens with zero attached hydrogens (tertiary/aromatic N) is 1. The second-order valence-electron chi connectivity index (χ2n) is 3.74. The van der Waals surface area contributed by atoms with Gasteiger partial charge in [0.05, 0.1) is 5.56 Å². The van der Waals surface area contributed by atoms with Crippen molar-refractivity contribution in [2.24, 2.45) is 0 Å². The SMILES string of the molecule is N#Cc1ccc(-c2cc(C=O)cc(C(F)(F)F)c2)s1. The van der Waals surface area contributed by atoms with E-state index in [1.807, 2.05) is 6.07 Å². The molecule has 0 bridgehead atoms. The summed E-state index contributed by atoms with van der Waals surface area (Å²) in [5.41, 5.74) is -0.640. The monoisotopic (exact) mass is 281 g/mol. The van der Waals surface area contributed by atoms with Gasteiger partial charge in [0.1, 0.15) is 17.2 Å². The first-order chi connectivity index (χ1) is 8.94. The Morgan fingerprint density at radius 3 is 2.47 bits per heavy atom. The van der Waals surface area contributed by atoms with Gasteiger partial charge in [-0.3, -0.25) is 4.79 Å². The van der Waals surface area contributed by atoms with E-state index in [-0.39, 0.29) is 11.1 Å². The number of carbonyl (C=O) groups excluding carboxylic acids is 1. The average Bonchev–Trinajstić information content (AvgIpc) is 2.86. The zero-order chi connectivity index (χ0) is 14.0. The highest BCUT2D eigenvalue weighted by molar-refractivity contribution is 7.16. The third kappa shape index (κ3) is 2.83. The predicted octanol–water partition coefficient (Wildman–Crippen LogP) is 4.12. The molecule has 1 aromatic heterocycles. The van der Waals surface area contributed by atoms with Gasteiger partial charge in [-0.1, -0.05) is 0 Å². The van der Waals surface area contributed by atoms with E-state index in [0.29, 0.717) is 16.0 Å². The number of rotatable bonds is 2. The van der Waals surface area contributed by atoms with E-state index < -0.39 is 11.7 Å². The Bertz CT molecular complexity index is 667. The van der Waals surface area contributed by atoms with Crippen molar-refractivity contribution in [1.29, 1.82) is 5.26 Å². The highest BCUT2D eigenvalue weighted by atomic mass is 32.1. The molecule has 0 spiro atoms. The highest BCUT2D eigenvalue weighted by Gasteiger charge is 2.31. The number of carbonyl (C=O) groups is 1. The van der Waals surface area contributed by atoms with Crippen LogP contribution in [0.3, 0.4) is 0 Å². The summed E-state index contributed by atoms with van der Waals surface area (Å²) in [6.07, 6.45) is -4.14. The van der Waals surface area contributed by atoms with Gasteiger partial charge in [-0.05, 0) is 35.9 Å². The van der Waals surface area contributed by atoms with E-state index in [2.05, 4.69) is 0 Å². The van der Waals surface area contributed by atoms with Gasteiger partial charge in [-0.25, -0.2) is 0 Å². The number of nitriles is 1. The van der Waals surface area contributed by atoms with Crippen LogP contribution in [0.1, 0.15) is 20.8 Å². The minimum Gasteiger partial charge on any atom is -0.298 e. The molecule has 0 saturated heterocycles. The smallest absolute Gasteiger partial charge is 0.298 e. The summed E-state index contributed by atoms with van der Waals surface area (Å²) in [7, 11) is 0. The van der Waals surface area contributed by atoms with Crippen molar-refractivity contribution in [3.8, 4) is 16.5 Å². The van der Waals surface area contributed by atoms with E-state index in [1.165, 1.54) is 12.1 Å². The number of hydrogen-bond acceptors (Lipinski definition) is 3. The molecule has 19 heavy (non-hydrogen) atoms. The molecule has 0 atom stereocenters. The maximum absolute atomic E-state index is 12.7. The Hall–Kier alpha value is -2.13. The van der Waals surface area contributed by atoms with Crippen LogP contribution in [0.4, 0.5) is 13.2 Å². The fraction of sp³-hybridized carbons (Fsp3) is 0.0769. The lowest BCUT2D eigenvalue weighted by molar-refractivity contribution is -0.137. The molecule has 1 aromatic carbocycles. The minimum atomic E-state index is -4.51. The Morgan fingerprint density at radius 1 is 1.21 bits per heavy atom. The normalized spacial score (nSPS) is 11.1. The molecule has 0 amide bonds. The third-order valence-electron chi connectivity index (χ3n) is 2.42. The van der Waals surface area contributed by atoms with Gasteiger partial charge in [-0.2, -0.15) is 18.4 Å². The van der Waals surface area contributed by atoms with Gasteiger partial charge in [-0.15, -0.1) is 11.3 Å². The zero-order valence-corrected chi connectivity index (χ0v) is 10.2. The van der Waals surface area contributed by atoms with E-state index in [9.17, 15) is 18.0 Å². The maximum atomic E-state index is 12.7. The molecular formula is C13H6F3NOS. The van der Waals surface area contributed by atoms with Crippen LogP contribution >= 0.6 is 11.3 Å². The van der Waals surface area contributed by atoms with E-state index in [1.54, 1.807) is 6.07 Å². The summed E-state index contributed by atoms with van der Waals surface area (Å²) in [6, 6.07) is 8.15. The molecule has 0 saturated carbocycles. The van der Waals surface area contributed by atoms with Gasteiger partial charge in [0.15, 0.2) is 0 Å². The standard InChI is InChI=1S/C13H6F3NOS/c14-13(15,16)10-4-8(7-18)3-9(5-10)12-2-1-11(6-17)19-12/h1-5,7H. The molecule has 6 heteroatoms. The van der Waals surface area contributed by atoms with Crippen molar-refractivity contribution >= 4 is 17.6 Å². The summed E-state index contributed by atoms with van der Waals surface area (Å²) in [5, 5.41) is 8.71. The van der Waals surface area contributed by atoms with Crippen LogP contribution in [0.5, 0.6) is 0 Å². The van der Waals surface area contributed by atoms with Crippen molar-refractivity contribution in [3.63, 3.8) is 0 Å². The van der Waals surface area contributed by atoms with Crippen LogP contribution in [-0.2, 0) is 6.18 Å². The quantitative estimate of drug-likeness (QED) is 0.777. The Kier molecular flexibility index (Phi) is 3.40. The molecule has 2 aromatic rings. The van der Waals surface area contributed by atoms with Crippen molar-refractivity contribution in [1.82, 2.24) is 0 Å². The number of alkyl halides is 3. The van der Waals surface area contributed by atoms with Crippen LogP contribution in [0.2, 0.25) is 0 Å². The van der Waals surface area contributed by atoms with Gasteiger partial charge in [0, 0.05) is 10.4 Å². The summed E-state index contributed by atoms with van der Waals surface area (Å²) in [5.74, 6) is 0. The molecule has 0 aliphatic rings. The number of halogens is 3. The first kappa shape index (κ1) is 13.3. The van der Waals surface area contributed by atoms with Crippen LogP contribution in [-0.4, -0.2) is 6.29 Å². The van der Waals surface area contributed by atoms with E-state index in [0.717, 1.165) is 23.5 Å². The van der Waals surface area contributed by atoms with Crippen LogP contribution in [0, 0.1) is 11.3 Å². The lowest BCUT2D eigenvalue weighted by Gasteiger charge is -2.09. The molecule has 2 rings (SSSR count). The van der Waals surface area contributed by atoms with Crippen LogP contribution < -0.4 is 0 Å². The fourth-order valence-electron chi connectivity index (χ4n) is 1.58. The van der Waals surface area contributed by atoms with E-state index in [4.69, 9.17) is 5.26 Å². The highest BCUT2D eigenvalue weighted by Crippen LogP contribution is 2.35. The molecule has 0 fully saturated rings. The first-order valence-electron chi connectivity index (χ1n) is 5.12. The minimum absolute atomic E-state index is 0.0447.